The van der Waals surface area contributed by atoms with Crippen molar-refractivity contribution in [3.8, 4) is 11.5 Å². The highest BCUT2D eigenvalue weighted by Crippen LogP contribution is 2.37. The zero-order chi connectivity index (χ0) is 21.4. The van der Waals surface area contributed by atoms with Crippen LogP contribution in [0.1, 0.15) is 52.9 Å². The lowest BCUT2D eigenvalue weighted by atomic mass is 9.75. The van der Waals surface area contributed by atoms with E-state index in [0.29, 0.717) is 18.1 Å². The van der Waals surface area contributed by atoms with Gasteiger partial charge in [-0.25, -0.2) is 0 Å². The summed E-state index contributed by atoms with van der Waals surface area (Å²) in [7, 11) is 3.24. The molecule has 0 fully saturated rings. The number of carbonyl (C=O) groups excluding carboxylic acids is 1. The van der Waals surface area contributed by atoms with Gasteiger partial charge in [0.2, 0.25) is 0 Å². The number of methoxy groups -OCH3 is 2. The maximum absolute atomic E-state index is 11.6. The Morgan fingerprint density at radius 2 is 1.93 bits per heavy atom. The maximum Gasteiger partial charge on any atom is 0.307 e. The molecule has 0 amide bonds. The van der Waals surface area contributed by atoms with Gasteiger partial charge in [-0.1, -0.05) is 19.4 Å². The van der Waals surface area contributed by atoms with E-state index in [1.807, 2.05) is 18.2 Å². The second-order valence-corrected chi connectivity index (χ2v) is 8.27. The van der Waals surface area contributed by atoms with Crippen LogP contribution in [0.4, 0.5) is 5.69 Å². The molecule has 0 saturated heterocycles. The highest BCUT2D eigenvalue weighted by atomic mass is 16.5. The normalized spacial score (nSPS) is 18.1. The summed E-state index contributed by atoms with van der Waals surface area (Å²) in [4.78, 5) is 16.5. The fourth-order valence-corrected chi connectivity index (χ4v) is 3.70. The molecular weight excluding hydrogens is 368 g/mol. The van der Waals surface area contributed by atoms with E-state index in [2.05, 4.69) is 19.9 Å². The van der Waals surface area contributed by atoms with E-state index in [-0.39, 0.29) is 23.8 Å². The zero-order valence-corrected chi connectivity index (χ0v) is 18.3. The van der Waals surface area contributed by atoms with Crippen molar-refractivity contribution in [2.24, 2.45) is 16.1 Å². The summed E-state index contributed by atoms with van der Waals surface area (Å²) >= 11 is 0. The number of nitrogens with two attached hydrogens (primary N) is 1. The van der Waals surface area contributed by atoms with Gasteiger partial charge >= 0.3 is 5.97 Å². The molecule has 0 spiro atoms. The van der Waals surface area contributed by atoms with Crippen molar-refractivity contribution in [1.82, 2.24) is 0 Å². The minimum Gasteiger partial charge on any atom is -0.493 e. The second kappa shape index (κ2) is 10.4. The molecule has 6 nitrogen and oxygen atoms in total. The Bertz CT molecular complexity index is 768. The molecule has 1 aromatic carbocycles. The highest BCUT2D eigenvalue weighted by molar-refractivity contribution is 5.98. The van der Waals surface area contributed by atoms with E-state index < -0.39 is 0 Å². The van der Waals surface area contributed by atoms with Gasteiger partial charge in [0, 0.05) is 17.8 Å². The first-order chi connectivity index (χ1) is 13.8. The fourth-order valence-electron chi connectivity index (χ4n) is 3.70. The van der Waals surface area contributed by atoms with Gasteiger partial charge in [-0.3, -0.25) is 9.79 Å². The highest BCUT2D eigenvalue weighted by Gasteiger charge is 2.26. The van der Waals surface area contributed by atoms with Gasteiger partial charge in [0.05, 0.1) is 32.9 Å². The molecule has 1 aliphatic rings. The Labute approximate surface area is 174 Å². The van der Waals surface area contributed by atoms with Gasteiger partial charge < -0.3 is 19.9 Å². The number of rotatable bonds is 9. The molecule has 29 heavy (non-hydrogen) atoms. The number of ether oxygens (including phenoxy) is 3. The average Bonchev–Trinajstić information content (AvgIpc) is 2.65. The summed E-state index contributed by atoms with van der Waals surface area (Å²) in [6.45, 7) is 6.70. The Morgan fingerprint density at radius 3 is 2.59 bits per heavy atom. The summed E-state index contributed by atoms with van der Waals surface area (Å²) in [5, 5.41) is 0. The molecule has 1 unspecified atom stereocenters. The van der Waals surface area contributed by atoms with Crippen molar-refractivity contribution in [3.63, 3.8) is 0 Å². The standard InChI is InChI=1S/C23H34N2O4/c1-6-29-22(26)12-17(24)8-7-16-11-19(15-23(2,3)14-16)25-18-9-10-20(27-4)21(13-18)28-5/h9-11,13,17H,6-8,12,14-15,24H2,1-5H3. The number of nitrogens with zero attached hydrogens (tertiary/aromatic N) is 1. The number of hydrogen-bond donors (Lipinski definition) is 1. The van der Waals surface area contributed by atoms with Crippen LogP contribution in [0.3, 0.4) is 0 Å². The molecule has 1 aliphatic carbocycles. The van der Waals surface area contributed by atoms with Crippen LogP contribution < -0.4 is 15.2 Å². The maximum atomic E-state index is 11.6. The van der Waals surface area contributed by atoms with Crippen LogP contribution in [0.15, 0.2) is 34.8 Å². The minimum atomic E-state index is -0.228. The SMILES string of the molecule is CCOC(=O)CC(N)CCC1=CC(=Nc2ccc(OC)c(OC)c2)CC(C)(C)C1. The zero-order valence-electron chi connectivity index (χ0n) is 18.3. The molecule has 0 heterocycles. The largest absolute Gasteiger partial charge is 0.493 e. The van der Waals surface area contributed by atoms with E-state index in [4.69, 9.17) is 24.9 Å². The van der Waals surface area contributed by atoms with Crippen LogP contribution in [0.2, 0.25) is 0 Å². The summed E-state index contributed by atoms with van der Waals surface area (Å²) in [5.41, 5.74) is 9.45. The molecule has 0 radical (unpaired) electrons. The number of aliphatic imine (C=N–C) groups is 1. The summed E-state index contributed by atoms with van der Waals surface area (Å²) < 4.78 is 15.7. The van der Waals surface area contributed by atoms with Crippen molar-refractivity contribution in [2.75, 3.05) is 20.8 Å². The lowest BCUT2D eigenvalue weighted by Gasteiger charge is -2.31. The quantitative estimate of drug-likeness (QED) is 0.611. The van der Waals surface area contributed by atoms with Crippen LogP contribution in [0.5, 0.6) is 11.5 Å². The summed E-state index contributed by atoms with van der Waals surface area (Å²) in [6, 6.07) is 5.49. The van der Waals surface area contributed by atoms with Gasteiger partial charge in [0.1, 0.15) is 0 Å². The molecule has 0 aromatic heterocycles. The number of esters is 1. The molecule has 6 heteroatoms. The molecule has 1 aromatic rings. The third kappa shape index (κ3) is 7.20. The van der Waals surface area contributed by atoms with Crippen LogP contribution in [0.25, 0.3) is 0 Å². The van der Waals surface area contributed by atoms with Crippen LogP contribution in [0, 0.1) is 5.41 Å². The Balaban J connectivity index is 2.12. The van der Waals surface area contributed by atoms with Crippen molar-refractivity contribution < 1.29 is 19.0 Å². The first-order valence-electron chi connectivity index (χ1n) is 10.2. The van der Waals surface area contributed by atoms with Gasteiger partial charge in [-0.15, -0.1) is 0 Å². The van der Waals surface area contributed by atoms with E-state index in [1.165, 1.54) is 5.57 Å². The molecule has 0 bridgehead atoms. The van der Waals surface area contributed by atoms with Crippen molar-refractivity contribution in [1.29, 1.82) is 0 Å². The van der Waals surface area contributed by atoms with Crippen molar-refractivity contribution in [2.45, 2.75) is 58.9 Å². The van der Waals surface area contributed by atoms with Crippen molar-refractivity contribution >= 4 is 17.4 Å². The van der Waals surface area contributed by atoms with Crippen LogP contribution >= 0.6 is 0 Å². The van der Waals surface area contributed by atoms with Gasteiger partial charge in [0.15, 0.2) is 11.5 Å². The average molecular weight is 403 g/mol. The molecular formula is C23H34N2O4. The molecule has 2 N–H and O–H groups in total. The third-order valence-corrected chi connectivity index (χ3v) is 4.95. The smallest absolute Gasteiger partial charge is 0.307 e. The van der Waals surface area contributed by atoms with E-state index in [9.17, 15) is 4.79 Å². The second-order valence-electron chi connectivity index (χ2n) is 8.27. The summed E-state index contributed by atoms with van der Waals surface area (Å²) in [6.07, 6.45) is 5.96. The van der Waals surface area contributed by atoms with Crippen LogP contribution in [-0.4, -0.2) is 38.5 Å². The first kappa shape index (κ1) is 22.9. The lowest BCUT2D eigenvalue weighted by Crippen LogP contribution is -2.26. The van der Waals surface area contributed by atoms with E-state index in [1.54, 1.807) is 21.1 Å². The Kier molecular flexibility index (Phi) is 8.26. The first-order valence-corrected chi connectivity index (χ1v) is 10.2. The number of hydrogen-bond acceptors (Lipinski definition) is 6. The predicted octanol–water partition coefficient (Wildman–Crippen LogP) is 4.58. The van der Waals surface area contributed by atoms with Crippen LogP contribution in [-0.2, 0) is 9.53 Å². The van der Waals surface area contributed by atoms with Gasteiger partial charge in [-0.05, 0) is 56.2 Å². The molecule has 0 aliphatic heterocycles. The number of carbonyl (C=O) groups is 1. The minimum absolute atomic E-state index is 0.130. The van der Waals surface area contributed by atoms with Gasteiger partial charge in [0.25, 0.3) is 0 Å². The molecule has 0 saturated carbocycles. The monoisotopic (exact) mass is 402 g/mol. The fraction of sp³-hybridized carbons (Fsp3) is 0.565. The Hall–Kier alpha value is -2.34. The van der Waals surface area contributed by atoms with Gasteiger partial charge in [-0.2, -0.15) is 0 Å². The topological polar surface area (TPSA) is 83.1 Å². The lowest BCUT2D eigenvalue weighted by molar-refractivity contribution is -0.143. The predicted molar refractivity (Wildman–Crippen MR) is 116 cm³/mol. The summed E-state index contributed by atoms with van der Waals surface area (Å²) in [5.74, 6) is 1.12. The Morgan fingerprint density at radius 1 is 1.21 bits per heavy atom. The van der Waals surface area contributed by atoms with E-state index >= 15 is 0 Å². The third-order valence-electron chi connectivity index (χ3n) is 4.95. The molecule has 160 valence electrons. The molecule has 1 atom stereocenters. The number of benzene rings is 1. The molecule has 2 rings (SSSR count). The number of allylic oxidation sites excluding steroid dienone is 2. The van der Waals surface area contributed by atoms with E-state index in [0.717, 1.165) is 37.1 Å². The van der Waals surface area contributed by atoms with Crippen molar-refractivity contribution in [3.05, 3.63) is 29.8 Å².